The molecular formula is C20H24BrClN2O4S. The molecule has 2 aromatic carbocycles. The molecule has 2 aromatic rings. The van der Waals surface area contributed by atoms with Gasteiger partial charge in [-0.2, -0.15) is 4.31 Å². The van der Waals surface area contributed by atoms with Crippen LogP contribution in [0.25, 0.3) is 0 Å². The maximum Gasteiger partial charge on any atom is 0.258 e. The van der Waals surface area contributed by atoms with Crippen LogP contribution in [0.2, 0.25) is 5.02 Å². The molecule has 0 aliphatic rings. The standard InChI is InChI=1S/C20H24BrClN2O4S/c1-4-24(5-2)29(26,27)19-12-17(22)10-11-18(19)28-13-20(25)23-14(3)15-6-8-16(21)9-7-15/h6-12,14H,4-5,13H2,1-3H3,(H,23,25). The fraction of sp³-hybridized carbons (Fsp3) is 0.350. The van der Waals surface area contributed by atoms with Crippen molar-refractivity contribution in [2.45, 2.75) is 31.7 Å². The number of amides is 1. The second kappa shape index (κ2) is 10.4. The van der Waals surface area contributed by atoms with Crippen LogP contribution in [0.4, 0.5) is 0 Å². The number of hydrogen-bond donors (Lipinski definition) is 1. The number of halogens is 2. The summed E-state index contributed by atoms with van der Waals surface area (Å²) in [7, 11) is -3.78. The topological polar surface area (TPSA) is 75.7 Å². The monoisotopic (exact) mass is 502 g/mol. The first-order valence-corrected chi connectivity index (χ1v) is 11.8. The van der Waals surface area contributed by atoms with E-state index in [-0.39, 0.29) is 34.2 Å². The Morgan fingerprint density at radius 3 is 2.38 bits per heavy atom. The van der Waals surface area contributed by atoms with Crippen molar-refractivity contribution < 1.29 is 17.9 Å². The van der Waals surface area contributed by atoms with E-state index in [2.05, 4.69) is 21.2 Å². The molecule has 0 fully saturated rings. The third kappa shape index (κ3) is 6.18. The van der Waals surface area contributed by atoms with Crippen LogP contribution in [-0.2, 0) is 14.8 Å². The van der Waals surface area contributed by atoms with Crippen molar-refractivity contribution in [2.75, 3.05) is 19.7 Å². The minimum Gasteiger partial charge on any atom is -0.482 e. The van der Waals surface area contributed by atoms with Crippen molar-refractivity contribution in [1.29, 1.82) is 0 Å². The molecule has 0 aromatic heterocycles. The van der Waals surface area contributed by atoms with Gasteiger partial charge < -0.3 is 10.1 Å². The normalized spacial score (nSPS) is 12.6. The smallest absolute Gasteiger partial charge is 0.258 e. The third-order valence-corrected chi connectivity index (χ3v) is 7.17. The number of carbonyl (C=O) groups is 1. The van der Waals surface area contributed by atoms with Gasteiger partial charge in [0.2, 0.25) is 10.0 Å². The molecular weight excluding hydrogens is 480 g/mol. The number of sulfonamides is 1. The van der Waals surface area contributed by atoms with Crippen LogP contribution < -0.4 is 10.1 Å². The molecule has 1 amide bonds. The molecule has 158 valence electrons. The minimum absolute atomic E-state index is 0.0533. The zero-order chi connectivity index (χ0) is 21.6. The van der Waals surface area contributed by atoms with E-state index in [4.69, 9.17) is 16.3 Å². The Labute approximate surface area is 185 Å². The van der Waals surface area contributed by atoms with Crippen LogP contribution in [-0.4, -0.2) is 38.3 Å². The zero-order valence-electron chi connectivity index (χ0n) is 16.5. The van der Waals surface area contributed by atoms with Crippen LogP contribution in [0.15, 0.2) is 51.8 Å². The number of ether oxygens (including phenoxy) is 1. The van der Waals surface area contributed by atoms with Gasteiger partial charge >= 0.3 is 0 Å². The average molecular weight is 504 g/mol. The summed E-state index contributed by atoms with van der Waals surface area (Å²) in [5, 5.41) is 3.11. The van der Waals surface area contributed by atoms with Gasteiger partial charge in [0.05, 0.1) is 6.04 Å². The molecule has 0 saturated heterocycles. The average Bonchev–Trinajstić information content (AvgIpc) is 2.68. The van der Waals surface area contributed by atoms with E-state index in [9.17, 15) is 13.2 Å². The fourth-order valence-corrected chi connectivity index (χ4v) is 4.88. The van der Waals surface area contributed by atoms with Crippen LogP contribution >= 0.6 is 27.5 Å². The first kappa shape index (κ1) is 23.7. The molecule has 0 aliphatic carbocycles. The van der Waals surface area contributed by atoms with Crippen molar-refractivity contribution in [3.63, 3.8) is 0 Å². The molecule has 0 aliphatic heterocycles. The predicted molar refractivity (Wildman–Crippen MR) is 118 cm³/mol. The third-order valence-electron chi connectivity index (χ3n) is 4.34. The molecule has 6 nitrogen and oxygen atoms in total. The Balaban J connectivity index is 2.12. The number of carbonyl (C=O) groups excluding carboxylic acids is 1. The number of hydrogen-bond acceptors (Lipinski definition) is 4. The summed E-state index contributed by atoms with van der Waals surface area (Å²) in [6.45, 7) is 5.68. The maximum atomic E-state index is 12.9. The Morgan fingerprint density at radius 2 is 1.79 bits per heavy atom. The van der Waals surface area contributed by atoms with Gasteiger partial charge in [0, 0.05) is 22.6 Å². The lowest BCUT2D eigenvalue weighted by Crippen LogP contribution is -2.33. The molecule has 1 N–H and O–H groups in total. The van der Waals surface area contributed by atoms with Crippen molar-refractivity contribution in [3.8, 4) is 5.75 Å². The van der Waals surface area contributed by atoms with Gasteiger partial charge in [-0.05, 0) is 42.8 Å². The van der Waals surface area contributed by atoms with Gasteiger partial charge in [0.25, 0.3) is 5.91 Å². The van der Waals surface area contributed by atoms with Crippen molar-refractivity contribution in [2.24, 2.45) is 0 Å². The zero-order valence-corrected chi connectivity index (χ0v) is 19.6. The SMILES string of the molecule is CCN(CC)S(=O)(=O)c1cc(Cl)ccc1OCC(=O)NC(C)c1ccc(Br)cc1. The summed E-state index contributed by atoms with van der Waals surface area (Å²) in [5.74, 6) is -0.269. The molecule has 1 atom stereocenters. The van der Waals surface area contributed by atoms with Crippen LogP contribution in [0.5, 0.6) is 5.75 Å². The Hall–Kier alpha value is -1.61. The Kier molecular flexibility index (Phi) is 8.51. The van der Waals surface area contributed by atoms with E-state index in [0.29, 0.717) is 13.1 Å². The Morgan fingerprint density at radius 1 is 1.17 bits per heavy atom. The summed E-state index contributed by atoms with van der Waals surface area (Å²) >= 11 is 9.38. The molecule has 0 heterocycles. The lowest BCUT2D eigenvalue weighted by Gasteiger charge is -2.21. The first-order valence-electron chi connectivity index (χ1n) is 9.16. The second-order valence-corrected chi connectivity index (χ2v) is 9.57. The van der Waals surface area contributed by atoms with Gasteiger partial charge in [0.1, 0.15) is 10.6 Å². The van der Waals surface area contributed by atoms with E-state index in [1.165, 1.54) is 22.5 Å². The number of benzene rings is 2. The fourth-order valence-electron chi connectivity index (χ4n) is 2.77. The highest BCUT2D eigenvalue weighted by Crippen LogP contribution is 2.30. The molecule has 0 radical (unpaired) electrons. The molecule has 0 saturated carbocycles. The molecule has 0 bridgehead atoms. The van der Waals surface area contributed by atoms with Gasteiger partial charge in [0.15, 0.2) is 6.61 Å². The van der Waals surface area contributed by atoms with Gasteiger partial charge in [-0.15, -0.1) is 0 Å². The molecule has 1 unspecified atom stereocenters. The second-order valence-electron chi connectivity index (χ2n) is 6.31. The number of nitrogens with zero attached hydrogens (tertiary/aromatic N) is 1. The molecule has 9 heteroatoms. The van der Waals surface area contributed by atoms with Gasteiger partial charge in [-0.3, -0.25) is 4.79 Å². The molecule has 2 rings (SSSR count). The quantitative estimate of drug-likeness (QED) is 0.551. The number of nitrogens with one attached hydrogen (secondary N) is 1. The van der Waals surface area contributed by atoms with E-state index >= 15 is 0 Å². The van der Waals surface area contributed by atoms with Crippen LogP contribution in [0, 0.1) is 0 Å². The molecule has 29 heavy (non-hydrogen) atoms. The highest BCUT2D eigenvalue weighted by molar-refractivity contribution is 9.10. The highest BCUT2D eigenvalue weighted by Gasteiger charge is 2.26. The highest BCUT2D eigenvalue weighted by atomic mass is 79.9. The van der Waals surface area contributed by atoms with Gasteiger partial charge in [-0.25, -0.2) is 8.42 Å². The van der Waals surface area contributed by atoms with Crippen molar-refractivity contribution in [1.82, 2.24) is 9.62 Å². The largest absolute Gasteiger partial charge is 0.482 e. The van der Waals surface area contributed by atoms with E-state index in [1.807, 2.05) is 31.2 Å². The summed E-state index contributed by atoms with van der Waals surface area (Å²) in [5.41, 5.74) is 0.942. The van der Waals surface area contributed by atoms with E-state index < -0.39 is 10.0 Å². The lowest BCUT2D eigenvalue weighted by molar-refractivity contribution is -0.123. The van der Waals surface area contributed by atoms with Crippen LogP contribution in [0.1, 0.15) is 32.4 Å². The Bertz CT molecular complexity index is 947. The van der Waals surface area contributed by atoms with E-state index in [1.54, 1.807) is 13.8 Å². The molecule has 0 spiro atoms. The minimum atomic E-state index is -3.78. The summed E-state index contributed by atoms with van der Waals surface area (Å²) in [6, 6.07) is 11.7. The van der Waals surface area contributed by atoms with Crippen LogP contribution in [0.3, 0.4) is 0 Å². The van der Waals surface area contributed by atoms with E-state index in [0.717, 1.165) is 10.0 Å². The summed E-state index contributed by atoms with van der Waals surface area (Å²) in [6.07, 6.45) is 0. The maximum absolute atomic E-state index is 12.9. The first-order chi connectivity index (χ1) is 13.7. The number of rotatable bonds is 9. The van der Waals surface area contributed by atoms with Crippen molar-refractivity contribution >= 4 is 43.5 Å². The lowest BCUT2D eigenvalue weighted by atomic mass is 10.1. The van der Waals surface area contributed by atoms with Gasteiger partial charge in [-0.1, -0.05) is 53.5 Å². The predicted octanol–water partition coefficient (Wildman–Crippen LogP) is 4.39. The summed E-state index contributed by atoms with van der Waals surface area (Å²) < 4.78 is 33.6. The summed E-state index contributed by atoms with van der Waals surface area (Å²) in [4.78, 5) is 12.3. The van der Waals surface area contributed by atoms with Crippen molar-refractivity contribution in [3.05, 3.63) is 57.5 Å².